The van der Waals surface area contributed by atoms with Crippen LogP contribution in [0.15, 0.2) is 80.4 Å². The Labute approximate surface area is 214 Å². The molecule has 0 bridgehead atoms. The molecule has 4 heterocycles. The van der Waals surface area contributed by atoms with E-state index in [9.17, 15) is 9.59 Å². The van der Waals surface area contributed by atoms with Crippen molar-refractivity contribution in [2.45, 2.75) is 12.1 Å². The first-order chi connectivity index (χ1) is 17.6. The largest absolute Gasteiger partial charge is 0.486 e. The highest BCUT2D eigenvalue weighted by Gasteiger charge is 2.21. The first kappa shape index (κ1) is 22.6. The molecule has 2 aromatic carbocycles. The van der Waals surface area contributed by atoms with Crippen LogP contribution in [0.3, 0.4) is 0 Å². The number of thiophene rings is 1. The van der Waals surface area contributed by atoms with Crippen molar-refractivity contribution in [3.63, 3.8) is 0 Å². The van der Waals surface area contributed by atoms with Gasteiger partial charge in [-0.1, -0.05) is 30.0 Å². The number of thioether (sulfide) groups is 1. The van der Waals surface area contributed by atoms with Gasteiger partial charge < -0.3 is 13.9 Å². The number of hydrogen-bond donors (Lipinski definition) is 0. The Balaban J connectivity index is 1.39. The fraction of sp³-hybridized carbons (Fsp3) is 0.148. The molecule has 0 saturated heterocycles. The molecule has 0 amide bonds. The summed E-state index contributed by atoms with van der Waals surface area (Å²) in [5, 5.41) is 2.84. The Morgan fingerprint density at radius 1 is 1.06 bits per heavy atom. The standard InChI is InChI=1S/C27H20N2O5S2/c1-16-7-9-21(34-16)19-14-35-25-24(19)26(31)29(18-5-3-2-4-6-18)27(28-25)36-15-20(30)17-8-10-22-23(13-17)33-12-11-32-22/h2-10,13-14H,11-12,15H2,1H3. The Morgan fingerprint density at radius 2 is 1.86 bits per heavy atom. The summed E-state index contributed by atoms with van der Waals surface area (Å²) in [4.78, 5) is 32.3. The van der Waals surface area contributed by atoms with Crippen LogP contribution in [0, 0.1) is 6.92 Å². The fourth-order valence-corrected chi connectivity index (χ4v) is 5.94. The van der Waals surface area contributed by atoms with Gasteiger partial charge in [-0.3, -0.25) is 14.2 Å². The fourth-order valence-electron chi connectivity index (χ4n) is 4.06. The van der Waals surface area contributed by atoms with E-state index in [0.717, 1.165) is 5.76 Å². The second-order valence-corrected chi connectivity index (χ2v) is 9.98. The van der Waals surface area contributed by atoms with Gasteiger partial charge in [0.1, 0.15) is 29.6 Å². The molecule has 0 unspecified atom stereocenters. The molecule has 0 atom stereocenters. The van der Waals surface area contributed by atoms with Crippen LogP contribution in [0.4, 0.5) is 0 Å². The molecule has 0 N–H and O–H groups in total. The Hall–Kier alpha value is -3.82. The molecule has 0 fully saturated rings. The molecule has 5 aromatic rings. The second kappa shape index (κ2) is 9.33. The summed E-state index contributed by atoms with van der Waals surface area (Å²) < 4.78 is 18.5. The highest BCUT2D eigenvalue weighted by molar-refractivity contribution is 7.99. The van der Waals surface area contributed by atoms with Crippen LogP contribution in [-0.4, -0.2) is 34.3 Å². The first-order valence-electron chi connectivity index (χ1n) is 11.3. The number of fused-ring (bicyclic) bond motifs is 2. The summed E-state index contributed by atoms with van der Waals surface area (Å²) in [5.74, 6) is 2.62. The van der Waals surface area contributed by atoms with E-state index in [-0.39, 0.29) is 17.1 Å². The highest BCUT2D eigenvalue weighted by atomic mass is 32.2. The minimum absolute atomic E-state index is 0.0936. The van der Waals surface area contributed by atoms with E-state index >= 15 is 0 Å². The van der Waals surface area contributed by atoms with Gasteiger partial charge in [-0.25, -0.2) is 4.98 Å². The summed E-state index contributed by atoms with van der Waals surface area (Å²) in [6.45, 7) is 2.81. The number of para-hydroxylation sites is 1. The van der Waals surface area contributed by atoms with E-state index in [1.54, 1.807) is 22.8 Å². The number of Topliss-reactive ketones (excluding diaryl/α,β-unsaturated/α-hetero) is 1. The molecule has 3 aromatic heterocycles. The van der Waals surface area contributed by atoms with Gasteiger partial charge in [0.15, 0.2) is 22.4 Å². The molecule has 0 saturated carbocycles. The van der Waals surface area contributed by atoms with E-state index in [2.05, 4.69) is 0 Å². The predicted molar refractivity (Wildman–Crippen MR) is 140 cm³/mol. The Bertz CT molecular complexity index is 1650. The summed E-state index contributed by atoms with van der Waals surface area (Å²) in [6, 6.07) is 18.2. The van der Waals surface area contributed by atoms with Gasteiger partial charge in [-0.15, -0.1) is 11.3 Å². The van der Waals surface area contributed by atoms with E-state index in [4.69, 9.17) is 18.9 Å². The molecule has 9 heteroatoms. The van der Waals surface area contributed by atoms with Crippen molar-refractivity contribution >= 4 is 39.1 Å². The van der Waals surface area contributed by atoms with Gasteiger partial charge in [-0.2, -0.15) is 0 Å². The maximum Gasteiger partial charge on any atom is 0.268 e. The topological polar surface area (TPSA) is 83.6 Å². The van der Waals surface area contributed by atoms with Crippen LogP contribution in [0.25, 0.3) is 27.2 Å². The molecule has 0 aliphatic carbocycles. The van der Waals surface area contributed by atoms with Crippen LogP contribution >= 0.6 is 23.1 Å². The molecule has 0 radical (unpaired) electrons. The number of hydrogen-bond acceptors (Lipinski definition) is 8. The van der Waals surface area contributed by atoms with Gasteiger partial charge in [0.25, 0.3) is 5.56 Å². The van der Waals surface area contributed by atoms with Crippen molar-refractivity contribution in [1.82, 2.24) is 9.55 Å². The number of benzene rings is 2. The summed E-state index contributed by atoms with van der Waals surface area (Å²) in [5.41, 5.74) is 1.71. The van der Waals surface area contributed by atoms with Gasteiger partial charge in [0.05, 0.1) is 16.8 Å². The lowest BCUT2D eigenvalue weighted by atomic mass is 10.1. The van der Waals surface area contributed by atoms with Crippen LogP contribution in [-0.2, 0) is 0 Å². The van der Waals surface area contributed by atoms with Crippen LogP contribution in [0.5, 0.6) is 11.5 Å². The zero-order chi connectivity index (χ0) is 24.6. The predicted octanol–water partition coefficient (Wildman–Crippen LogP) is 5.76. The van der Waals surface area contributed by atoms with Gasteiger partial charge in [0, 0.05) is 16.5 Å². The number of ketones is 1. The molecular weight excluding hydrogens is 496 g/mol. The minimum Gasteiger partial charge on any atom is -0.486 e. The molecule has 0 spiro atoms. The maximum absolute atomic E-state index is 13.8. The maximum atomic E-state index is 13.8. The van der Waals surface area contributed by atoms with Gasteiger partial charge in [0.2, 0.25) is 0 Å². The number of aryl methyl sites for hydroxylation is 1. The van der Waals surface area contributed by atoms with Crippen molar-refractivity contribution in [1.29, 1.82) is 0 Å². The minimum atomic E-state index is -0.203. The summed E-state index contributed by atoms with van der Waals surface area (Å²) in [7, 11) is 0. The molecule has 36 heavy (non-hydrogen) atoms. The number of rotatable bonds is 6. The second-order valence-electron chi connectivity index (χ2n) is 8.18. The Kier molecular flexibility index (Phi) is 5.86. The van der Waals surface area contributed by atoms with Crippen molar-refractivity contribution in [3.8, 4) is 28.5 Å². The molecule has 180 valence electrons. The lowest BCUT2D eigenvalue weighted by Crippen LogP contribution is -2.22. The lowest BCUT2D eigenvalue weighted by Gasteiger charge is -2.18. The third kappa shape index (κ3) is 4.10. The first-order valence-corrected chi connectivity index (χ1v) is 13.2. The average Bonchev–Trinajstić information content (AvgIpc) is 3.53. The number of aromatic nitrogens is 2. The number of ether oxygens (including phenoxy) is 2. The highest BCUT2D eigenvalue weighted by Crippen LogP contribution is 2.35. The van der Waals surface area contributed by atoms with Crippen LogP contribution in [0.1, 0.15) is 16.1 Å². The number of carbonyl (C=O) groups is 1. The van der Waals surface area contributed by atoms with Crippen molar-refractivity contribution in [3.05, 3.63) is 87.7 Å². The lowest BCUT2D eigenvalue weighted by molar-refractivity contribution is 0.102. The van der Waals surface area contributed by atoms with E-state index < -0.39 is 0 Å². The quantitative estimate of drug-likeness (QED) is 0.161. The molecule has 1 aliphatic heterocycles. The van der Waals surface area contributed by atoms with Crippen LogP contribution < -0.4 is 15.0 Å². The average molecular weight is 517 g/mol. The summed E-state index contributed by atoms with van der Waals surface area (Å²) in [6.07, 6.45) is 0. The monoisotopic (exact) mass is 516 g/mol. The number of furan rings is 1. The molecule has 6 rings (SSSR count). The zero-order valence-corrected chi connectivity index (χ0v) is 20.9. The summed E-state index contributed by atoms with van der Waals surface area (Å²) >= 11 is 2.62. The third-order valence-corrected chi connectivity index (χ3v) is 7.60. The van der Waals surface area contributed by atoms with Gasteiger partial charge >= 0.3 is 0 Å². The molecular formula is C27H20N2O5S2. The SMILES string of the molecule is Cc1ccc(-c2csc3nc(SCC(=O)c4ccc5c(c4)OCCO5)n(-c4ccccc4)c(=O)c23)o1. The van der Waals surface area contributed by atoms with Crippen molar-refractivity contribution < 1.29 is 18.7 Å². The van der Waals surface area contributed by atoms with Crippen LogP contribution in [0.2, 0.25) is 0 Å². The zero-order valence-electron chi connectivity index (χ0n) is 19.2. The normalized spacial score (nSPS) is 12.7. The van der Waals surface area contributed by atoms with Crippen molar-refractivity contribution in [2.24, 2.45) is 0 Å². The van der Waals surface area contributed by atoms with Crippen molar-refractivity contribution in [2.75, 3.05) is 19.0 Å². The van der Waals surface area contributed by atoms with E-state index in [0.29, 0.717) is 62.7 Å². The van der Waals surface area contributed by atoms with E-state index in [1.807, 2.05) is 54.8 Å². The number of nitrogens with zero attached hydrogens (tertiary/aromatic N) is 2. The number of carbonyl (C=O) groups excluding carboxylic acids is 1. The molecule has 1 aliphatic rings. The Morgan fingerprint density at radius 3 is 2.64 bits per heavy atom. The van der Waals surface area contributed by atoms with Gasteiger partial charge in [-0.05, 0) is 49.4 Å². The smallest absolute Gasteiger partial charge is 0.268 e. The molecule has 7 nitrogen and oxygen atoms in total. The van der Waals surface area contributed by atoms with E-state index in [1.165, 1.54) is 23.1 Å². The third-order valence-electron chi connectivity index (χ3n) is 5.79.